The van der Waals surface area contributed by atoms with Crippen LogP contribution in [0, 0.1) is 0 Å². The number of carbonyl (C=O) groups is 1. The number of hydrogen-bond donors (Lipinski definition) is 3. The third-order valence-electron chi connectivity index (χ3n) is 4.36. The molecule has 25 heavy (non-hydrogen) atoms. The number of aliphatic hydroxyl groups excluding tert-OH is 2. The van der Waals surface area contributed by atoms with Gasteiger partial charge in [-0.05, 0) is 31.1 Å². The Morgan fingerprint density at radius 1 is 1.24 bits per heavy atom. The van der Waals surface area contributed by atoms with Crippen molar-refractivity contribution in [3.63, 3.8) is 0 Å². The molecule has 0 aromatic heterocycles. The third-order valence-corrected chi connectivity index (χ3v) is 4.67. The summed E-state index contributed by atoms with van der Waals surface area (Å²) in [6.07, 6.45) is 4.98. The second-order valence-electron chi connectivity index (χ2n) is 6.23. The van der Waals surface area contributed by atoms with Crippen molar-refractivity contribution in [1.29, 1.82) is 0 Å². The topological polar surface area (TPSA) is 72.8 Å². The lowest BCUT2D eigenvalue weighted by molar-refractivity contribution is 0.0786. The van der Waals surface area contributed by atoms with Crippen molar-refractivity contribution >= 4 is 17.5 Å². The summed E-state index contributed by atoms with van der Waals surface area (Å²) in [6.45, 7) is 0.648. The van der Waals surface area contributed by atoms with Gasteiger partial charge in [0.15, 0.2) is 0 Å². The first-order chi connectivity index (χ1) is 12.0. The molecule has 1 aromatic carbocycles. The van der Waals surface area contributed by atoms with Gasteiger partial charge < -0.3 is 20.4 Å². The molecule has 6 heteroatoms. The van der Waals surface area contributed by atoms with E-state index < -0.39 is 6.10 Å². The van der Waals surface area contributed by atoms with Gasteiger partial charge in [-0.2, -0.15) is 0 Å². The molecule has 1 saturated heterocycles. The van der Waals surface area contributed by atoms with Crippen LogP contribution in [0.1, 0.15) is 29.6 Å². The number of benzene rings is 1. The minimum Gasteiger partial charge on any atom is -0.494 e. The van der Waals surface area contributed by atoms with Crippen molar-refractivity contribution in [1.82, 2.24) is 10.2 Å². The molecule has 0 saturated carbocycles. The number of rotatable bonds is 4. The maximum atomic E-state index is 12.7. The molecule has 1 fully saturated rings. The van der Waals surface area contributed by atoms with Crippen LogP contribution in [-0.4, -0.2) is 40.2 Å². The van der Waals surface area contributed by atoms with Gasteiger partial charge in [-0.25, -0.2) is 0 Å². The van der Waals surface area contributed by atoms with Gasteiger partial charge >= 0.3 is 0 Å². The van der Waals surface area contributed by atoms with Gasteiger partial charge in [0.05, 0.1) is 18.3 Å². The highest BCUT2D eigenvalue weighted by atomic mass is 35.5. The van der Waals surface area contributed by atoms with E-state index in [0.29, 0.717) is 17.8 Å². The van der Waals surface area contributed by atoms with Gasteiger partial charge in [0.1, 0.15) is 0 Å². The van der Waals surface area contributed by atoms with Crippen LogP contribution in [0.3, 0.4) is 0 Å². The molecule has 1 amide bonds. The molecule has 1 aliphatic carbocycles. The summed E-state index contributed by atoms with van der Waals surface area (Å²) in [5, 5.41) is 24.1. The summed E-state index contributed by atoms with van der Waals surface area (Å²) < 4.78 is 0. The molecule has 2 aliphatic rings. The maximum Gasteiger partial charge on any atom is 0.258 e. The zero-order valence-corrected chi connectivity index (χ0v) is 14.5. The number of allylic oxidation sites excluding steroid dienone is 3. The van der Waals surface area contributed by atoms with Crippen molar-refractivity contribution in [2.24, 2.45) is 0 Å². The number of halogens is 1. The summed E-state index contributed by atoms with van der Waals surface area (Å²) in [5.74, 6) is -0.297. The average molecular weight is 361 g/mol. The van der Waals surface area contributed by atoms with Gasteiger partial charge in [-0.15, -0.1) is 0 Å². The number of carbonyl (C=O) groups excluding carboxylic acids is 1. The Kier molecular flexibility index (Phi) is 5.46. The van der Waals surface area contributed by atoms with E-state index in [1.54, 1.807) is 24.3 Å². The average Bonchev–Trinajstić information content (AvgIpc) is 3.03. The molecule has 1 aromatic rings. The number of likely N-dealkylation sites (tertiary alicyclic amines) is 1. The van der Waals surface area contributed by atoms with Crippen LogP contribution in [0.25, 0.3) is 0 Å². The molecule has 1 heterocycles. The summed E-state index contributed by atoms with van der Waals surface area (Å²) in [7, 11) is 0. The van der Waals surface area contributed by atoms with Crippen molar-refractivity contribution in [3.8, 4) is 0 Å². The lowest BCUT2D eigenvalue weighted by Crippen LogP contribution is -2.31. The largest absolute Gasteiger partial charge is 0.494 e. The third kappa shape index (κ3) is 4.24. The Labute approximate surface area is 151 Å². The lowest BCUT2D eigenvalue weighted by atomic mass is 10.1. The Balaban J connectivity index is 1.73. The van der Waals surface area contributed by atoms with Gasteiger partial charge in [0, 0.05) is 23.6 Å². The SMILES string of the molecule is O=C(c1ccccc1)N1C[C@H](O)C/C1=C(/O)NCC1=CC=C(Cl)CC1. The molecule has 5 nitrogen and oxygen atoms in total. The highest BCUT2D eigenvalue weighted by Gasteiger charge is 2.33. The molecule has 132 valence electrons. The summed E-state index contributed by atoms with van der Waals surface area (Å²) in [4.78, 5) is 14.1. The van der Waals surface area contributed by atoms with E-state index in [4.69, 9.17) is 11.6 Å². The number of amides is 1. The molecule has 0 unspecified atom stereocenters. The fourth-order valence-corrected chi connectivity index (χ4v) is 3.14. The van der Waals surface area contributed by atoms with Crippen molar-refractivity contribution in [2.75, 3.05) is 13.1 Å². The molecule has 0 bridgehead atoms. The molecule has 3 rings (SSSR count). The summed E-state index contributed by atoms with van der Waals surface area (Å²) >= 11 is 5.94. The highest BCUT2D eigenvalue weighted by molar-refractivity contribution is 6.29. The van der Waals surface area contributed by atoms with E-state index >= 15 is 0 Å². The quantitative estimate of drug-likeness (QED) is 0.721. The second-order valence-corrected chi connectivity index (χ2v) is 6.71. The fraction of sp³-hybridized carbons (Fsp3) is 0.316. The van der Waals surface area contributed by atoms with E-state index in [-0.39, 0.29) is 24.8 Å². The Bertz CT molecular complexity index is 740. The second kappa shape index (κ2) is 7.76. The van der Waals surface area contributed by atoms with E-state index in [2.05, 4.69) is 5.32 Å². The fourth-order valence-electron chi connectivity index (χ4n) is 2.99. The number of aliphatic hydroxyl groups is 2. The minimum absolute atomic E-state index is 0.0672. The summed E-state index contributed by atoms with van der Waals surface area (Å²) in [6, 6.07) is 8.85. The summed E-state index contributed by atoms with van der Waals surface area (Å²) in [5.41, 5.74) is 2.07. The first-order valence-corrected chi connectivity index (χ1v) is 8.67. The van der Waals surface area contributed by atoms with Crippen LogP contribution in [-0.2, 0) is 0 Å². The van der Waals surface area contributed by atoms with Crippen LogP contribution in [0.2, 0.25) is 0 Å². The standard InChI is InChI=1S/C19H21ClN2O3/c20-15-8-6-13(7-9-15)11-21-18(24)17-10-16(23)12-22(17)19(25)14-4-2-1-3-5-14/h1-6,8,16,21,23-24H,7,9-12H2/b18-17-/t16-/m1/s1. The molecule has 1 atom stereocenters. The van der Waals surface area contributed by atoms with E-state index in [0.717, 1.165) is 23.4 Å². The number of hydrogen-bond acceptors (Lipinski definition) is 4. The van der Waals surface area contributed by atoms with Crippen LogP contribution in [0.5, 0.6) is 0 Å². The van der Waals surface area contributed by atoms with Crippen molar-refractivity contribution < 1.29 is 15.0 Å². The van der Waals surface area contributed by atoms with E-state index in [1.165, 1.54) is 4.90 Å². The van der Waals surface area contributed by atoms with Gasteiger partial charge in [0.25, 0.3) is 5.91 Å². The van der Waals surface area contributed by atoms with Gasteiger partial charge in [-0.3, -0.25) is 4.79 Å². The van der Waals surface area contributed by atoms with Crippen LogP contribution < -0.4 is 5.32 Å². The van der Waals surface area contributed by atoms with Gasteiger partial charge in [-0.1, -0.05) is 41.4 Å². The lowest BCUT2D eigenvalue weighted by Gasteiger charge is -2.20. The van der Waals surface area contributed by atoms with E-state index in [1.807, 2.05) is 18.2 Å². The first kappa shape index (κ1) is 17.6. The molecule has 0 spiro atoms. The first-order valence-electron chi connectivity index (χ1n) is 8.29. The maximum absolute atomic E-state index is 12.7. The molecular weight excluding hydrogens is 340 g/mol. The predicted octanol–water partition coefficient (Wildman–Crippen LogP) is 3.05. The predicted molar refractivity (Wildman–Crippen MR) is 97.0 cm³/mol. The van der Waals surface area contributed by atoms with Crippen LogP contribution in [0.4, 0.5) is 0 Å². The molecule has 0 radical (unpaired) electrons. The Morgan fingerprint density at radius 2 is 2.00 bits per heavy atom. The van der Waals surface area contributed by atoms with Crippen molar-refractivity contribution in [3.05, 3.63) is 70.2 Å². The Hall–Kier alpha value is -2.24. The highest BCUT2D eigenvalue weighted by Crippen LogP contribution is 2.26. The molecule has 3 N–H and O–H groups in total. The van der Waals surface area contributed by atoms with Crippen LogP contribution in [0.15, 0.2) is 64.7 Å². The molecule has 1 aliphatic heterocycles. The number of nitrogens with one attached hydrogen (secondary N) is 1. The number of β-amino-alcohol motifs (C(OH)–C–C–N with tert-alkyl or cyclic N) is 1. The van der Waals surface area contributed by atoms with E-state index in [9.17, 15) is 15.0 Å². The smallest absolute Gasteiger partial charge is 0.258 e. The normalized spacial score (nSPS) is 22.3. The monoisotopic (exact) mass is 360 g/mol. The van der Waals surface area contributed by atoms with Gasteiger partial charge in [0.2, 0.25) is 5.88 Å². The minimum atomic E-state index is -0.678. The molecular formula is C19H21ClN2O3. The zero-order valence-electron chi connectivity index (χ0n) is 13.8. The zero-order chi connectivity index (χ0) is 17.8. The number of nitrogens with zero attached hydrogens (tertiary/aromatic N) is 1. The Morgan fingerprint density at radius 3 is 2.68 bits per heavy atom. The van der Waals surface area contributed by atoms with Crippen LogP contribution >= 0.6 is 11.6 Å². The van der Waals surface area contributed by atoms with Crippen molar-refractivity contribution in [2.45, 2.75) is 25.4 Å².